The van der Waals surface area contributed by atoms with Gasteiger partial charge >= 0.3 is 0 Å². The van der Waals surface area contributed by atoms with E-state index in [4.69, 9.17) is 5.73 Å². The molecule has 1 amide bonds. The van der Waals surface area contributed by atoms with Gasteiger partial charge in [0.2, 0.25) is 0 Å². The zero-order valence-corrected chi connectivity index (χ0v) is 17.2. The predicted octanol–water partition coefficient (Wildman–Crippen LogP) is 4.30. The number of rotatable bonds is 7. The van der Waals surface area contributed by atoms with Gasteiger partial charge in [0.1, 0.15) is 6.07 Å². The molecular weight excluding hydrogens is 374 g/mol. The van der Waals surface area contributed by atoms with Crippen LogP contribution >= 0.6 is 0 Å². The summed E-state index contributed by atoms with van der Waals surface area (Å²) in [4.78, 5) is 19.2. The minimum atomic E-state index is -0.248. The first-order valence-corrected chi connectivity index (χ1v) is 9.85. The molecule has 152 valence electrons. The number of anilines is 2. The van der Waals surface area contributed by atoms with E-state index in [0.29, 0.717) is 28.2 Å². The number of hydrogen-bond acceptors (Lipinski definition) is 5. The number of pyridine rings is 1. The molecular formula is C24H25N5O. The van der Waals surface area contributed by atoms with Crippen molar-refractivity contribution < 1.29 is 4.79 Å². The number of amides is 1. The molecule has 0 atom stereocenters. The van der Waals surface area contributed by atoms with Crippen LogP contribution in [-0.4, -0.2) is 29.4 Å². The number of nitriles is 1. The van der Waals surface area contributed by atoms with Crippen LogP contribution in [0.1, 0.15) is 34.8 Å². The number of benzene rings is 2. The van der Waals surface area contributed by atoms with Gasteiger partial charge in [-0.15, -0.1) is 0 Å². The van der Waals surface area contributed by atoms with E-state index in [9.17, 15) is 10.1 Å². The Kier molecular flexibility index (Phi) is 6.79. The highest BCUT2D eigenvalue weighted by molar-refractivity contribution is 6.05. The van der Waals surface area contributed by atoms with Crippen molar-refractivity contribution >= 4 is 17.3 Å². The van der Waals surface area contributed by atoms with Gasteiger partial charge in [0, 0.05) is 23.9 Å². The highest BCUT2D eigenvalue weighted by atomic mass is 16.1. The van der Waals surface area contributed by atoms with Crippen LogP contribution in [0.2, 0.25) is 0 Å². The van der Waals surface area contributed by atoms with Gasteiger partial charge in [0.05, 0.1) is 22.6 Å². The molecule has 0 aliphatic heterocycles. The highest BCUT2D eigenvalue weighted by Crippen LogP contribution is 2.24. The van der Waals surface area contributed by atoms with Crippen LogP contribution in [0, 0.1) is 11.3 Å². The van der Waals surface area contributed by atoms with Gasteiger partial charge in [-0.1, -0.05) is 31.2 Å². The molecule has 6 heteroatoms. The van der Waals surface area contributed by atoms with Crippen molar-refractivity contribution in [3.8, 4) is 17.3 Å². The molecule has 0 aliphatic carbocycles. The zero-order valence-electron chi connectivity index (χ0n) is 17.2. The van der Waals surface area contributed by atoms with Gasteiger partial charge in [0.15, 0.2) is 0 Å². The molecule has 0 spiro atoms. The Labute approximate surface area is 177 Å². The van der Waals surface area contributed by atoms with Gasteiger partial charge in [0.25, 0.3) is 5.91 Å². The molecule has 2 aromatic carbocycles. The van der Waals surface area contributed by atoms with Crippen molar-refractivity contribution in [2.75, 3.05) is 24.6 Å². The number of nitrogens with one attached hydrogen (secondary N) is 1. The first-order chi connectivity index (χ1) is 14.5. The minimum Gasteiger partial charge on any atom is -0.397 e. The topological polar surface area (TPSA) is 95.0 Å². The van der Waals surface area contributed by atoms with E-state index in [1.807, 2.05) is 18.2 Å². The summed E-state index contributed by atoms with van der Waals surface area (Å²) in [6, 6.07) is 18.3. The number of carbonyl (C=O) groups excluding carboxylic acids is 1. The van der Waals surface area contributed by atoms with E-state index < -0.39 is 0 Å². The summed E-state index contributed by atoms with van der Waals surface area (Å²) in [6.45, 7) is 3.87. The van der Waals surface area contributed by atoms with Gasteiger partial charge < -0.3 is 16.0 Å². The van der Waals surface area contributed by atoms with Crippen LogP contribution in [0.5, 0.6) is 0 Å². The third kappa shape index (κ3) is 5.02. The average molecular weight is 399 g/mol. The maximum absolute atomic E-state index is 12.5. The monoisotopic (exact) mass is 399 g/mol. The Morgan fingerprint density at radius 3 is 2.60 bits per heavy atom. The number of nitrogens with zero attached hydrogens (tertiary/aromatic N) is 3. The Morgan fingerprint density at radius 2 is 1.93 bits per heavy atom. The molecule has 30 heavy (non-hydrogen) atoms. The van der Waals surface area contributed by atoms with Crippen molar-refractivity contribution in [1.29, 1.82) is 5.26 Å². The Morgan fingerprint density at radius 1 is 1.20 bits per heavy atom. The summed E-state index contributed by atoms with van der Waals surface area (Å²) < 4.78 is 0. The first-order valence-electron chi connectivity index (χ1n) is 9.85. The Balaban J connectivity index is 1.78. The largest absolute Gasteiger partial charge is 0.397 e. The van der Waals surface area contributed by atoms with E-state index in [-0.39, 0.29) is 5.91 Å². The first kappa shape index (κ1) is 21.0. The fraction of sp³-hybridized carbons (Fsp3) is 0.208. The molecule has 3 rings (SSSR count). The number of nitrogen functional groups attached to an aromatic ring is 1. The smallest absolute Gasteiger partial charge is 0.255 e. The number of para-hydroxylation sites is 2. The summed E-state index contributed by atoms with van der Waals surface area (Å²) in [5.41, 5.74) is 10.4. The summed E-state index contributed by atoms with van der Waals surface area (Å²) in [7, 11) is 2.05. The van der Waals surface area contributed by atoms with Gasteiger partial charge in [-0.25, -0.2) is 0 Å². The van der Waals surface area contributed by atoms with Crippen molar-refractivity contribution in [3.63, 3.8) is 0 Å². The summed E-state index contributed by atoms with van der Waals surface area (Å²) in [6.07, 6.45) is 2.88. The number of carbonyl (C=O) groups is 1. The van der Waals surface area contributed by atoms with Crippen molar-refractivity contribution in [1.82, 2.24) is 9.88 Å². The lowest BCUT2D eigenvalue weighted by molar-refractivity contribution is 0.102. The number of nitrogens with two attached hydrogens (primary N) is 1. The molecule has 0 saturated carbocycles. The average Bonchev–Trinajstić information content (AvgIpc) is 2.75. The van der Waals surface area contributed by atoms with Gasteiger partial charge in [-0.3, -0.25) is 9.78 Å². The molecule has 0 fully saturated rings. The molecule has 0 radical (unpaired) electrons. The fourth-order valence-electron chi connectivity index (χ4n) is 3.27. The zero-order chi connectivity index (χ0) is 21.5. The molecule has 3 N–H and O–H groups in total. The summed E-state index contributed by atoms with van der Waals surface area (Å²) in [5.74, 6) is -0.248. The van der Waals surface area contributed by atoms with Crippen LogP contribution in [0.3, 0.4) is 0 Å². The van der Waals surface area contributed by atoms with E-state index in [0.717, 1.165) is 30.6 Å². The number of aromatic nitrogens is 1. The standard InChI is InChI=1S/C24H25N5O/c1-3-12-29(2)16-17-13-20(14-25)23(27-15-17)18-8-10-19(11-9-18)24(30)28-22-7-5-4-6-21(22)26/h4-11,13,15H,3,12,16,26H2,1-2H3,(H,28,30). The third-order valence-electron chi connectivity index (χ3n) is 4.75. The van der Waals surface area contributed by atoms with Crippen LogP contribution < -0.4 is 11.1 Å². The maximum atomic E-state index is 12.5. The molecule has 0 saturated heterocycles. The molecule has 3 aromatic rings. The summed E-state index contributed by atoms with van der Waals surface area (Å²) in [5, 5.41) is 12.4. The van der Waals surface area contributed by atoms with Crippen molar-refractivity contribution in [2.45, 2.75) is 19.9 Å². The normalized spacial score (nSPS) is 10.6. The van der Waals surface area contributed by atoms with E-state index in [1.165, 1.54) is 0 Å². The predicted molar refractivity (Wildman–Crippen MR) is 120 cm³/mol. The molecule has 0 unspecified atom stereocenters. The quantitative estimate of drug-likeness (QED) is 0.578. The lowest BCUT2D eigenvalue weighted by atomic mass is 10.0. The number of hydrogen-bond donors (Lipinski definition) is 2. The van der Waals surface area contributed by atoms with Crippen LogP contribution in [0.25, 0.3) is 11.3 Å². The van der Waals surface area contributed by atoms with Crippen LogP contribution in [0.15, 0.2) is 60.8 Å². The molecule has 0 aliphatic rings. The maximum Gasteiger partial charge on any atom is 0.255 e. The second-order valence-electron chi connectivity index (χ2n) is 7.21. The van der Waals surface area contributed by atoms with Crippen molar-refractivity contribution in [2.24, 2.45) is 0 Å². The lowest BCUT2D eigenvalue weighted by Gasteiger charge is -2.16. The Bertz CT molecular complexity index is 1070. The SMILES string of the molecule is CCCN(C)Cc1cnc(-c2ccc(C(=O)Nc3ccccc3N)cc2)c(C#N)c1. The molecule has 1 heterocycles. The van der Waals surface area contributed by atoms with Gasteiger partial charge in [-0.2, -0.15) is 5.26 Å². The highest BCUT2D eigenvalue weighted by Gasteiger charge is 2.12. The molecule has 6 nitrogen and oxygen atoms in total. The minimum absolute atomic E-state index is 0.248. The lowest BCUT2D eigenvalue weighted by Crippen LogP contribution is -2.18. The van der Waals surface area contributed by atoms with E-state index in [1.54, 1.807) is 42.6 Å². The van der Waals surface area contributed by atoms with E-state index >= 15 is 0 Å². The molecule has 1 aromatic heterocycles. The molecule has 0 bridgehead atoms. The summed E-state index contributed by atoms with van der Waals surface area (Å²) >= 11 is 0. The van der Waals surface area contributed by atoms with Crippen LogP contribution in [0.4, 0.5) is 11.4 Å². The third-order valence-corrected chi connectivity index (χ3v) is 4.75. The second-order valence-corrected chi connectivity index (χ2v) is 7.21. The van der Waals surface area contributed by atoms with Crippen LogP contribution in [-0.2, 0) is 6.54 Å². The van der Waals surface area contributed by atoms with E-state index in [2.05, 4.69) is 35.2 Å². The second kappa shape index (κ2) is 9.68. The van der Waals surface area contributed by atoms with Gasteiger partial charge in [-0.05, 0) is 55.9 Å². The van der Waals surface area contributed by atoms with Crippen molar-refractivity contribution in [3.05, 3.63) is 77.5 Å². The Hall–Kier alpha value is -3.69. The fourth-order valence-corrected chi connectivity index (χ4v) is 3.27.